The van der Waals surface area contributed by atoms with E-state index in [2.05, 4.69) is 25.3 Å². The molecule has 1 aromatic carbocycles. The topological polar surface area (TPSA) is 96.1 Å². The molecule has 152 valence electrons. The van der Waals surface area contributed by atoms with Crippen molar-refractivity contribution in [3.05, 3.63) is 48.3 Å². The summed E-state index contributed by atoms with van der Waals surface area (Å²) in [5.74, 6) is -4.76. The van der Waals surface area contributed by atoms with E-state index in [1.54, 1.807) is 0 Å². The number of halogens is 5. The van der Waals surface area contributed by atoms with Crippen LogP contribution in [0.4, 0.5) is 33.3 Å². The van der Waals surface area contributed by atoms with Gasteiger partial charge in [-0.25, -0.2) is 13.8 Å². The summed E-state index contributed by atoms with van der Waals surface area (Å²) in [7, 11) is 0. The first-order valence-corrected chi connectivity index (χ1v) is 7.86. The predicted octanol–water partition coefficient (Wildman–Crippen LogP) is 3.36. The molecule has 0 radical (unpaired) electrons. The number of carbonyl (C=O) groups is 2. The number of benzene rings is 1. The molecule has 7 nitrogen and oxygen atoms in total. The zero-order chi connectivity index (χ0) is 21.2. The molecule has 0 saturated carbocycles. The van der Waals surface area contributed by atoms with Gasteiger partial charge in [0.2, 0.25) is 5.88 Å². The zero-order valence-corrected chi connectivity index (χ0v) is 14.2. The van der Waals surface area contributed by atoms with E-state index in [4.69, 9.17) is 0 Å². The van der Waals surface area contributed by atoms with Gasteiger partial charge in [-0.3, -0.25) is 9.59 Å². The van der Waals surface area contributed by atoms with E-state index in [0.29, 0.717) is 0 Å². The summed E-state index contributed by atoms with van der Waals surface area (Å²) in [6.45, 7) is -1.52. The Morgan fingerprint density at radius 1 is 1.07 bits per heavy atom. The van der Waals surface area contributed by atoms with Gasteiger partial charge in [0.05, 0.1) is 23.1 Å². The molecule has 0 spiro atoms. The Labute approximate surface area is 158 Å². The quantitative estimate of drug-likeness (QED) is 0.451. The number of aromatic amines is 1. The summed E-state index contributed by atoms with van der Waals surface area (Å²) in [4.78, 5) is 30.2. The Balaban J connectivity index is 1.62. The number of H-pyrrole nitrogens is 1. The SMILES string of the molecule is O=C(Nc1ccc(OCC(F)(F)F)nc1)C(=O)Nc1c[nH]c2cc(F)c(F)cc12. The minimum atomic E-state index is -4.52. The number of fused-ring (bicyclic) bond motifs is 1. The first-order chi connectivity index (χ1) is 13.6. The average Bonchev–Trinajstić information content (AvgIpc) is 3.02. The Hall–Kier alpha value is -3.70. The number of nitrogens with one attached hydrogen (secondary N) is 3. The van der Waals surface area contributed by atoms with Crippen LogP contribution in [0.15, 0.2) is 36.7 Å². The molecule has 0 unspecified atom stereocenters. The summed E-state index contributed by atoms with van der Waals surface area (Å²) in [6.07, 6.45) is -2.27. The highest BCUT2D eigenvalue weighted by atomic mass is 19.4. The van der Waals surface area contributed by atoms with Crippen molar-refractivity contribution in [1.82, 2.24) is 9.97 Å². The number of pyridine rings is 1. The van der Waals surface area contributed by atoms with E-state index in [1.165, 1.54) is 12.3 Å². The maximum atomic E-state index is 13.4. The molecule has 29 heavy (non-hydrogen) atoms. The van der Waals surface area contributed by atoms with E-state index >= 15 is 0 Å². The number of anilines is 2. The lowest BCUT2D eigenvalue weighted by Gasteiger charge is -2.09. The molecular weight excluding hydrogens is 403 g/mol. The van der Waals surface area contributed by atoms with Gasteiger partial charge >= 0.3 is 18.0 Å². The molecule has 3 aromatic rings. The van der Waals surface area contributed by atoms with Crippen LogP contribution in [-0.4, -0.2) is 34.6 Å². The van der Waals surface area contributed by atoms with Crippen molar-refractivity contribution >= 4 is 34.1 Å². The van der Waals surface area contributed by atoms with Crippen LogP contribution in [0, 0.1) is 11.6 Å². The number of hydrogen-bond donors (Lipinski definition) is 3. The summed E-state index contributed by atoms with van der Waals surface area (Å²) in [5.41, 5.74) is 0.280. The van der Waals surface area contributed by atoms with E-state index < -0.39 is 36.2 Å². The lowest BCUT2D eigenvalue weighted by atomic mass is 10.2. The van der Waals surface area contributed by atoms with Crippen LogP contribution >= 0.6 is 0 Å². The largest absolute Gasteiger partial charge is 0.468 e. The molecule has 0 aliphatic rings. The van der Waals surface area contributed by atoms with Crippen LogP contribution in [0.3, 0.4) is 0 Å². The van der Waals surface area contributed by atoms with Gasteiger partial charge in [-0.2, -0.15) is 13.2 Å². The van der Waals surface area contributed by atoms with E-state index in [9.17, 15) is 31.5 Å². The second kappa shape index (κ2) is 7.73. The van der Waals surface area contributed by atoms with E-state index in [-0.39, 0.29) is 28.2 Å². The number of hydrogen-bond acceptors (Lipinski definition) is 4. The van der Waals surface area contributed by atoms with Crippen LogP contribution in [0.1, 0.15) is 0 Å². The molecule has 2 aromatic heterocycles. The number of carbonyl (C=O) groups excluding carboxylic acids is 2. The lowest BCUT2D eigenvalue weighted by molar-refractivity contribution is -0.154. The summed E-state index contributed by atoms with van der Waals surface area (Å²) in [5, 5.41) is 4.58. The Morgan fingerprint density at radius 2 is 1.76 bits per heavy atom. The lowest BCUT2D eigenvalue weighted by Crippen LogP contribution is -2.29. The highest BCUT2D eigenvalue weighted by Crippen LogP contribution is 2.25. The van der Waals surface area contributed by atoms with Gasteiger partial charge in [0.15, 0.2) is 18.2 Å². The fraction of sp³-hybridized carbons (Fsp3) is 0.118. The normalized spacial score (nSPS) is 11.3. The Morgan fingerprint density at radius 3 is 2.41 bits per heavy atom. The van der Waals surface area contributed by atoms with Gasteiger partial charge in [-0.05, 0) is 12.1 Å². The maximum absolute atomic E-state index is 13.4. The third kappa shape index (κ3) is 4.97. The molecule has 3 N–H and O–H groups in total. The van der Waals surface area contributed by atoms with Crippen molar-refractivity contribution in [1.29, 1.82) is 0 Å². The minimum Gasteiger partial charge on any atom is -0.468 e. The Kier molecular flexibility index (Phi) is 5.35. The molecule has 0 aliphatic heterocycles. The first-order valence-electron chi connectivity index (χ1n) is 7.86. The average molecular weight is 414 g/mol. The molecule has 0 saturated heterocycles. The number of alkyl halides is 3. The predicted molar refractivity (Wildman–Crippen MR) is 91.3 cm³/mol. The number of aromatic nitrogens is 2. The van der Waals surface area contributed by atoms with Gasteiger partial charge in [0, 0.05) is 23.7 Å². The van der Waals surface area contributed by atoms with Gasteiger partial charge in [-0.15, -0.1) is 0 Å². The van der Waals surface area contributed by atoms with Gasteiger partial charge in [-0.1, -0.05) is 0 Å². The van der Waals surface area contributed by atoms with Crippen molar-refractivity contribution in [2.24, 2.45) is 0 Å². The molecule has 0 atom stereocenters. The fourth-order valence-corrected chi connectivity index (χ4v) is 2.28. The van der Waals surface area contributed by atoms with Gasteiger partial charge in [0.1, 0.15) is 0 Å². The smallest absolute Gasteiger partial charge is 0.422 e. The van der Waals surface area contributed by atoms with Crippen molar-refractivity contribution in [3.8, 4) is 5.88 Å². The summed E-state index contributed by atoms with van der Waals surface area (Å²) < 4.78 is 67.3. The number of ether oxygens (including phenoxy) is 1. The Bertz CT molecular complexity index is 1060. The van der Waals surface area contributed by atoms with Crippen molar-refractivity contribution < 1.29 is 36.3 Å². The summed E-state index contributed by atoms with van der Waals surface area (Å²) in [6, 6.07) is 4.02. The second-order valence-corrected chi connectivity index (χ2v) is 5.71. The number of rotatable bonds is 4. The maximum Gasteiger partial charge on any atom is 0.422 e. The fourth-order valence-electron chi connectivity index (χ4n) is 2.28. The highest BCUT2D eigenvalue weighted by molar-refractivity contribution is 6.44. The van der Waals surface area contributed by atoms with Crippen LogP contribution in [0.2, 0.25) is 0 Å². The molecule has 3 rings (SSSR count). The molecule has 0 fully saturated rings. The van der Waals surface area contributed by atoms with Gasteiger partial charge in [0.25, 0.3) is 0 Å². The van der Waals surface area contributed by atoms with E-state index in [1.807, 2.05) is 0 Å². The second-order valence-electron chi connectivity index (χ2n) is 5.71. The van der Waals surface area contributed by atoms with E-state index in [0.717, 1.165) is 24.4 Å². The zero-order valence-electron chi connectivity index (χ0n) is 14.2. The van der Waals surface area contributed by atoms with Crippen LogP contribution in [-0.2, 0) is 9.59 Å². The number of amides is 2. The summed E-state index contributed by atoms with van der Waals surface area (Å²) >= 11 is 0. The highest BCUT2D eigenvalue weighted by Gasteiger charge is 2.28. The molecular formula is C17H11F5N4O3. The van der Waals surface area contributed by atoms with Gasteiger partial charge < -0.3 is 20.4 Å². The standard InChI is InChI=1S/C17H11F5N4O3/c18-10-3-9-12(4-11(10)19)23-6-13(9)26-16(28)15(27)25-8-1-2-14(24-5-8)29-7-17(20,21)22/h1-6,23H,7H2,(H,25,27)(H,26,28). The van der Waals surface area contributed by atoms with Crippen LogP contribution in [0.25, 0.3) is 10.9 Å². The van der Waals surface area contributed by atoms with Crippen molar-refractivity contribution in [3.63, 3.8) is 0 Å². The monoisotopic (exact) mass is 414 g/mol. The molecule has 0 bridgehead atoms. The third-order valence-corrected chi connectivity index (χ3v) is 3.55. The molecule has 12 heteroatoms. The number of nitrogens with zero attached hydrogens (tertiary/aromatic N) is 1. The van der Waals surface area contributed by atoms with Crippen molar-refractivity contribution in [2.75, 3.05) is 17.2 Å². The van der Waals surface area contributed by atoms with Crippen LogP contribution < -0.4 is 15.4 Å². The third-order valence-electron chi connectivity index (χ3n) is 3.55. The molecule has 2 amide bonds. The van der Waals surface area contributed by atoms with Crippen LogP contribution in [0.5, 0.6) is 5.88 Å². The molecule has 0 aliphatic carbocycles. The minimum absolute atomic E-state index is 0.0246. The first kappa shape index (κ1) is 20.0. The van der Waals surface area contributed by atoms with Crippen molar-refractivity contribution in [2.45, 2.75) is 6.18 Å². The molecule has 2 heterocycles.